The molecule has 0 aliphatic heterocycles. The maximum absolute atomic E-state index is 11.3. The van der Waals surface area contributed by atoms with Gasteiger partial charge in [0.25, 0.3) is 5.76 Å². The fraction of sp³-hybridized carbons (Fsp3) is 0.0909. The number of ether oxygens (including phenoxy) is 1. The number of hydrogen-bond acceptors (Lipinski definition) is 6. The molecule has 0 spiro atoms. The predicted octanol–water partition coefficient (Wildman–Crippen LogP) is 2.53. The van der Waals surface area contributed by atoms with Crippen LogP contribution in [0.4, 0.5) is 5.69 Å². The lowest BCUT2D eigenvalue weighted by atomic mass is 10.1. The van der Waals surface area contributed by atoms with Crippen LogP contribution < -0.4 is 0 Å². The van der Waals surface area contributed by atoms with Gasteiger partial charge in [-0.15, -0.1) is 4.91 Å². The number of carbonyl (C=O) groups excluding carboxylic acids is 1. The van der Waals surface area contributed by atoms with E-state index >= 15 is 0 Å². The molecule has 0 bridgehead atoms. The summed E-state index contributed by atoms with van der Waals surface area (Å²) < 4.78 is 9.23. The minimum atomic E-state index is -0.783. The third-order valence-electron chi connectivity index (χ3n) is 2.18. The minimum Gasteiger partial charge on any atom is -0.463 e. The highest BCUT2D eigenvalue weighted by molar-refractivity contribution is 5.95. The Hall–Kier alpha value is -2.50. The van der Waals surface area contributed by atoms with Gasteiger partial charge in [0.05, 0.1) is 7.11 Å². The summed E-state index contributed by atoms with van der Waals surface area (Å²) >= 11 is 0. The number of aromatic nitrogens is 1. The number of esters is 1. The van der Waals surface area contributed by atoms with Crippen molar-refractivity contribution in [2.45, 2.75) is 0 Å². The van der Waals surface area contributed by atoms with E-state index in [0.717, 1.165) is 0 Å². The smallest absolute Gasteiger partial charge is 0.379 e. The average Bonchev–Trinajstić information content (AvgIpc) is 2.82. The normalized spacial score (nSPS) is 9.94. The maximum Gasteiger partial charge on any atom is 0.379 e. The molecule has 0 radical (unpaired) electrons. The lowest BCUT2D eigenvalue weighted by Gasteiger charge is -1.95. The van der Waals surface area contributed by atoms with Crippen LogP contribution in [0.15, 0.2) is 40.0 Å². The molecule has 0 fully saturated rings. The van der Waals surface area contributed by atoms with Gasteiger partial charge in [0.15, 0.2) is 5.69 Å². The Bertz CT molecular complexity index is 548. The molecule has 1 aromatic carbocycles. The molecule has 0 unspecified atom stereocenters. The van der Waals surface area contributed by atoms with Crippen LogP contribution in [-0.2, 0) is 4.74 Å². The Morgan fingerprint density at radius 3 is 2.65 bits per heavy atom. The zero-order chi connectivity index (χ0) is 12.3. The topological polar surface area (TPSA) is 81.8 Å². The van der Waals surface area contributed by atoms with Gasteiger partial charge < -0.3 is 9.26 Å². The van der Waals surface area contributed by atoms with Crippen LogP contribution in [0, 0.1) is 4.91 Å². The van der Waals surface area contributed by atoms with Gasteiger partial charge in [-0.2, -0.15) is 0 Å². The summed E-state index contributed by atoms with van der Waals surface area (Å²) in [5, 5.41) is 6.43. The third-order valence-corrected chi connectivity index (χ3v) is 2.18. The van der Waals surface area contributed by atoms with Gasteiger partial charge in [0.2, 0.25) is 0 Å². The molecule has 0 amide bonds. The standard InChI is InChI=1S/C11H8N2O4/c1-16-11(14)10-9(12-15)8(13-17-10)7-5-3-2-4-6-7/h2-6H,1H3. The van der Waals surface area contributed by atoms with E-state index in [1.807, 2.05) is 6.07 Å². The van der Waals surface area contributed by atoms with Gasteiger partial charge in [-0.3, -0.25) is 0 Å². The number of rotatable bonds is 3. The highest BCUT2D eigenvalue weighted by Crippen LogP contribution is 2.32. The zero-order valence-corrected chi connectivity index (χ0v) is 8.91. The zero-order valence-electron chi connectivity index (χ0n) is 8.91. The number of hydrogen-bond donors (Lipinski definition) is 0. The van der Waals surface area contributed by atoms with Gasteiger partial charge in [0.1, 0.15) is 5.69 Å². The number of nitroso groups, excluding NO2 is 1. The van der Waals surface area contributed by atoms with E-state index in [2.05, 4.69) is 15.1 Å². The maximum atomic E-state index is 11.3. The molecule has 1 aromatic heterocycles. The van der Waals surface area contributed by atoms with E-state index in [9.17, 15) is 9.70 Å². The van der Waals surface area contributed by atoms with Gasteiger partial charge in [-0.25, -0.2) is 4.79 Å². The highest BCUT2D eigenvalue weighted by Gasteiger charge is 2.24. The summed E-state index contributed by atoms with van der Waals surface area (Å²) in [4.78, 5) is 22.0. The van der Waals surface area contributed by atoms with Crippen molar-refractivity contribution >= 4 is 11.7 Å². The van der Waals surface area contributed by atoms with Crippen molar-refractivity contribution in [3.05, 3.63) is 41.0 Å². The molecular formula is C11H8N2O4. The van der Waals surface area contributed by atoms with Crippen LogP contribution in [0.3, 0.4) is 0 Å². The molecule has 0 aliphatic carbocycles. The molecule has 0 N–H and O–H groups in total. The van der Waals surface area contributed by atoms with Crippen molar-refractivity contribution in [2.75, 3.05) is 7.11 Å². The van der Waals surface area contributed by atoms with Crippen molar-refractivity contribution in [3.8, 4) is 11.3 Å². The molecule has 0 aliphatic rings. The Morgan fingerprint density at radius 2 is 2.06 bits per heavy atom. The number of methoxy groups -OCH3 is 1. The molecule has 6 nitrogen and oxygen atoms in total. The molecule has 1 heterocycles. The Labute approximate surface area is 96.2 Å². The van der Waals surface area contributed by atoms with Gasteiger partial charge >= 0.3 is 5.97 Å². The molecule has 2 rings (SSSR count). The van der Waals surface area contributed by atoms with E-state index in [1.54, 1.807) is 24.3 Å². The predicted molar refractivity (Wildman–Crippen MR) is 58.7 cm³/mol. The van der Waals surface area contributed by atoms with Gasteiger partial charge in [-0.05, 0) is 5.18 Å². The number of nitrogens with zero attached hydrogens (tertiary/aromatic N) is 2. The molecule has 0 saturated heterocycles. The second-order valence-corrected chi connectivity index (χ2v) is 3.16. The Balaban J connectivity index is 2.54. The van der Waals surface area contributed by atoms with E-state index < -0.39 is 5.97 Å². The van der Waals surface area contributed by atoms with Crippen LogP contribution in [0.1, 0.15) is 10.6 Å². The Kier molecular flexibility index (Phi) is 2.95. The highest BCUT2D eigenvalue weighted by atomic mass is 16.5. The van der Waals surface area contributed by atoms with E-state index in [-0.39, 0.29) is 17.1 Å². The monoisotopic (exact) mass is 232 g/mol. The summed E-state index contributed by atoms with van der Waals surface area (Å²) in [6.45, 7) is 0. The molecule has 17 heavy (non-hydrogen) atoms. The first-order chi connectivity index (χ1) is 8.27. The van der Waals surface area contributed by atoms with Crippen LogP contribution in [-0.4, -0.2) is 18.2 Å². The lowest BCUT2D eigenvalue weighted by molar-refractivity contribution is 0.0556. The van der Waals surface area contributed by atoms with Crippen molar-refractivity contribution in [3.63, 3.8) is 0 Å². The van der Waals surface area contributed by atoms with Crippen LogP contribution >= 0.6 is 0 Å². The fourth-order valence-corrected chi connectivity index (χ4v) is 1.38. The minimum absolute atomic E-state index is 0.150. The molecule has 2 aromatic rings. The molecular weight excluding hydrogens is 224 g/mol. The molecule has 6 heteroatoms. The van der Waals surface area contributed by atoms with Crippen LogP contribution in [0.2, 0.25) is 0 Å². The summed E-state index contributed by atoms with van der Waals surface area (Å²) in [7, 11) is 1.18. The Morgan fingerprint density at radius 1 is 1.35 bits per heavy atom. The second-order valence-electron chi connectivity index (χ2n) is 3.16. The summed E-state index contributed by atoms with van der Waals surface area (Å²) in [5.74, 6) is -1.07. The quantitative estimate of drug-likeness (QED) is 0.599. The summed E-state index contributed by atoms with van der Waals surface area (Å²) in [6.07, 6.45) is 0. The molecule has 86 valence electrons. The summed E-state index contributed by atoms with van der Waals surface area (Å²) in [5.41, 5.74) is 0.713. The largest absolute Gasteiger partial charge is 0.463 e. The second kappa shape index (κ2) is 4.56. The molecule has 0 saturated carbocycles. The van der Waals surface area contributed by atoms with E-state index in [0.29, 0.717) is 5.56 Å². The van der Waals surface area contributed by atoms with Gasteiger partial charge in [0, 0.05) is 5.56 Å². The first-order valence-corrected chi connectivity index (χ1v) is 4.74. The number of carbonyl (C=O) groups is 1. The molecule has 0 atom stereocenters. The van der Waals surface area contributed by atoms with Crippen molar-refractivity contribution in [1.82, 2.24) is 5.16 Å². The number of benzene rings is 1. The first kappa shape index (κ1) is 11.0. The van der Waals surface area contributed by atoms with Crippen molar-refractivity contribution < 1.29 is 14.1 Å². The van der Waals surface area contributed by atoms with Crippen molar-refractivity contribution in [1.29, 1.82) is 0 Å². The first-order valence-electron chi connectivity index (χ1n) is 4.74. The lowest BCUT2D eigenvalue weighted by Crippen LogP contribution is -1.99. The van der Waals surface area contributed by atoms with Gasteiger partial charge in [-0.1, -0.05) is 35.5 Å². The van der Waals surface area contributed by atoms with E-state index in [1.165, 1.54) is 7.11 Å². The van der Waals surface area contributed by atoms with Crippen LogP contribution in [0.25, 0.3) is 11.3 Å². The summed E-state index contributed by atoms with van der Waals surface area (Å²) in [6, 6.07) is 8.83. The average molecular weight is 232 g/mol. The van der Waals surface area contributed by atoms with Crippen LogP contribution in [0.5, 0.6) is 0 Å². The third kappa shape index (κ3) is 1.92. The van der Waals surface area contributed by atoms with Crippen molar-refractivity contribution in [2.24, 2.45) is 5.18 Å². The van der Waals surface area contributed by atoms with E-state index in [4.69, 9.17) is 4.52 Å². The fourth-order valence-electron chi connectivity index (χ4n) is 1.38. The SMILES string of the molecule is COC(=O)c1onc(-c2ccccc2)c1N=O.